The number of rotatable bonds is 6. The molecule has 2 heterocycles. The fourth-order valence-electron chi connectivity index (χ4n) is 3.91. The van der Waals surface area contributed by atoms with Crippen LogP contribution >= 0.6 is 22.9 Å². The summed E-state index contributed by atoms with van der Waals surface area (Å²) in [6.45, 7) is 5.59. The van der Waals surface area contributed by atoms with Gasteiger partial charge in [-0.1, -0.05) is 42.6 Å². The first-order chi connectivity index (χ1) is 16.8. The lowest BCUT2D eigenvalue weighted by atomic mass is 10.0. The Balaban J connectivity index is 2.05. The summed E-state index contributed by atoms with van der Waals surface area (Å²) >= 11 is 7.55. The van der Waals surface area contributed by atoms with Crippen molar-refractivity contribution in [1.29, 1.82) is 0 Å². The lowest BCUT2D eigenvalue weighted by molar-refractivity contribution is -0.148. The SMILES string of the molecule is COc1cc(OC)cc(N(C(=O)c2nc(C#C[Si](C)(C)C)sc2Cl)[C@@H]2CCCN(CC(F)(F)F)C2)c1. The highest BCUT2D eigenvalue weighted by molar-refractivity contribution is 7.16. The van der Waals surface area contributed by atoms with Crippen molar-refractivity contribution in [2.75, 3.05) is 38.8 Å². The van der Waals surface area contributed by atoms with Crippen LogP contribution in [0.2, 0.25) is 24.0 Å². The van der Waals surface area contributed by atoms with Gasteiger partial charge in [-0.2, -0.15) is 13.2 Å². The van der Waals surface area contributed by atoms with E-state index in [9.17, 15) is 18.0 Å². The molecule has 3 rings (SSSR count). The van der Waals surface area contributed by atoms with E-state index in [0.717, 1.165) is 11.3 Å². The number of likely N-dealkylation sites (tertiary alicyclic amines) is 1. The van der Waals surface area contributed by atoms with Crippen LogP contribution in [0.25, 0.3) is 0 Å². The minimum absolute atomic E-state index is 0.0243. The molecular formula is C24H29ClF3N3O3SSi. The van der Waals surface area contributed by atoms with Gasteiger partial charge in [-0.05, 0) is 25.3 Å². The van der Waals surface area contributed by atoms with Gasteiger partial charge in [-0.3, -0.25) is 9.69 Å². The van der Waals surface area contributed by atoms with Gasteiger partial charge in [0.25, 0.3) is 5.91 Å². The Bertz CT molecular complexity index is 1140. The van der Waals surface area contributed by atoms with Crippen molar-refractivity contribution >= 4 is 42.6 Å². The molecule has 1 atom stereocenters. The second-order valence-corrected chi connectivity index (χ2v) is 15.9. The third kappa shape index (κ3) is 7.62. The molecule has 1 aliphatic rings. The second-order valence-electron chi connectivity index (χ2n) is 9.53. The maximum atomic E-state index is 13.9. The molecule has 1 saturated heterocycles. The summed E-state index contributed by atoms with van der Waals surface area (Å²) in [6, 6.07) is 4.41. The van der Waals surface area contributed by atoms with Crippen molar-refractivity contribution in [2.45, 2.75) is 44.7 Å². The third-order valence-electron chi connectivity index (χ3n) is 5.41. The number of hydrogen-bond acceptors (Lipinski definition) is 6. The Labute approximate surface area is 219 Å². The van der Waals surface area contributed by atoms with Gasteiger partial charge >= 0.3 is 6.18 Å². The fraction of sp³-hybridized carbons (Fsp3) is 0.500. The number of amides is 1. The number of alkyl halides is 3. The van der Waals surface area contributed by atoms with Gasteiger partial charge in [-0.15, -0.1) is 5.54 Å². The number of aromatic nitrogens is 1. The average Bonchev–Trinajstić information content (AvgIpc) is 3.17. The van der Waals surface area contributed by atoms with Gasteiger partial charge in [-0.25, -0.2) is 4.98 Å². The zero-order chi connectivity index (χ0) is 26.7. The van der Waals surface area contributed by atoms with Crippen LogP contribution in [0.5, 0.6) is 11.5 Å². The number of anilines is 1. The van der Waals surface area contributed by atoms with Crippen LogP contribution in [0.4, 0.5) is 18.9 Å². The summed E-state index contributed by atoms with van der Waals surface area (Å²) in [5, 5.41) is 0.427. The molecule has 0 N–H and O–H groups in total. The van der Waals surface area contributed by atoms with Crippen LogP contribution in [0, 0.1) is 11.5 Å². The molecule has 0 saturated carbocycles. The number of thiazole rings is 1. The molecular weight excluding hydrogens is 531 g/mol. The smallest absolute Gasteiger partial charge is 0.401 e. The van der Waals surface area contributed by atoms with Crippen LogP contribution in [0.1, 0.15) is 28.3 Å². The topological polar surface area (TPSA) is 54.9 Å². The molecule has 1 aliphatic heterocycles. The van der Waals surface area contributed by atoms with E-state index in [0.29, 0.717) is 41.6 Å². The van der Waals surface area contributed by atoms with Crippen LogP contribution in [0.3, 0.4) is 0 Å². The Morgan fingerprint density at radius 3 is 2.44 bits per heavy atom. The summed E-state index contributed by atoms with van der Waals surface area (Å²) in [7, 11) is 1.28. The molecule has 0 aliphatic carbocycles. The summed E-state index contributed by atoms with van der Waals surface area (Å²) in [5.74, 6) is 3.39. The molecule has 0 radical (unpaired) electrons. The van der Waals surface area contributed by atoms with E-state index in [2.05, 4.69) is 36.1 Å². The Morgan fingerprint density at radius 2 is 1.89 bits per heavy atom. The predicted molar refractivity (Wildman–Crippen MR) is 139 cm³/mol. The van der Waals surface area contributed by atoms with Crippen LogP contribution in [0.15, 0.2) is 18.2 Å². The number of benzene rings is 1. The van der Waals surface area contributed by atoms with E-state index in [-0.39, 0.29) is 16.6 Å². The molecule has 36 heavy (non-hydrogen) atoms. The highest BCUT2D eigenvalue weighted by Crippen LogP contribution is 2.35. The highest BCUT2D eigenvalue weighted by Gasteiger charge is 2.37. The van der Waals surface area contributed by atoms with Gasteiger partial charge in [0.05, 0.1) is 32.5 Å². The second kappa shape index (κ2) is 11.4. The van der Waals surface area contributed by atoms with Crippen molar-refractivity contribution in [3.05, 3.63) is 33.2 Å². The van der Waals surface area contributed by atoms with Gasteiger partial charge < -0.3 is 14.4 Å². The highest BCUT2D eigenvalue weighted by atomic mass is 35.5. The Hall–Kier alpha value is -2.26. The van der Waals surface area contributed by atoms with Crippen LogP contribution < -0.4 is 14.4 Å². The average molecular weight is 560 g/mol. The molecule has 12 heteroatoms. The largest absolute Gasteiger partial charge is 0.497 e. The fourth-order valence-corrected chi connectivity index (χ4v) is 5.47. The van der Waals surface area contributed by atoms with Gasteiger partial charge in [0.15, 0.2) is 10.7 Å². The van der Waals surface area contributed by atoms with Crippen molar-refractivity contribution in [2.24, 2.45) is 0 Å². The monoisotopic (exact) mass is 559 g/mol. The van der Waals surface area contributed by atoms with E-state index in [1.54, 1.807) is 18.2 Å². The minimum Gasteiger partial charge on any atom is -0.497 e. The van der Waals surface area contributed by atoms with E-state index in [1.165, 1.54) is 24.0 Å². The first kappa shape index (κ1) is 28.3. The van der Waals surface area contributed by atoms with Crippen molar-refractivity contribution < 1.29 is 27.4 Å². The molecule has 0 spiro atoms. The van der Waals surface area contributed by atoms with Gasteiger partial charge in [0, 0.05) is 24.7 Å². The number of hydrogen-bond donors (Lipinski definition) is 0. The molecule has 196 valence electrons. The van der Waals surface area contributed by atoms with Crippen LogP contribution in [-0.2, 0) is 0 Å². The molecule has 0 bridgehead atoms. The maximum Gasteiger partial charge on any atom is 0.401 e. The number of piperidine rings is 1. The minimum atomic E-state index is -4.34. The summed E-state index contributed by atoms with van der Waals surface area (Å²) < 4.78 is 50.3. The van der Waals surface area contributed by atoms with Crippen molar-refractivity contribution in [3.8, 4) is 23.0 Å². The molecule has 2 aromatic rings. The standard InChI is InChI=1S/C24H29ClF3N3O3SSi/c1-33-18-11-17(12-19(13-18)34-2)31(16-7-6-9-30(14-16)15-24(26,27)28)23(32)21-22(25)35-20(29-21)8-10-36(3,4)5/h11-13,16H,6-7,9,14-15H2,1-5H3/t16-/m1/s1. The lowest BCUT2D eigenvalue weighted by Gasteiger charge is -2.39. The van der Waals surface area contributed by atoms with Crippen molar-refractivity contribution in [3.63, 3.8) is 0 Å². The molecule has 1 amide bonds. The van der Waals surface area contributed by atoms with E-state index in [4.69, 9.17) is 21.1 Å². The van der Waals surface area contributed by atoms with E-state index in [1.807, 2.05) is 0 Å². The van der Waals surface area contributed by atoms with Gasteiger partial charge in [0.1, 0.15) is 23.9 Å². The van der Waals surface area contributed by atoms with E-state index < -0.39 is 32.7 Å². The summed E-state index contributed by atoms with van der Waals surface area (Å²) in [4.78, 5) is 21.1. The zero-order valence-corrected chi connectivity index (χ0v) is 23.4. The first-order valence-corrected chi connectivity index (χ1v) is 16.0. The Kier molecular flexibility index (Phi) is 8.98. The van der Waals surface area contributed by atoms with Crippen molar-refractivity contribution in [1.82, 2.24) is 9.88 Å². The zero-order valence-electron chi connectivity index (χ0n) is 20.8. The predicted octanol–water partition coefficient (Wildman–Crippen LogP) is 5.72. The van der Waals surface area contributed by atoms with Crippen LogP contribution in [-0.4, -0.2) is 69.9 Å². The number of ether oxygens (including phenoxy) is 2. The number of carbonyl (C=O) groups excluding carboxylic acids is 1. The number of methoxy groups -OCH3 is 2. The lowest BCUT2D eigenvalue weighted by Crippen LogP contribution is -2.52. The summed E-state index contributed by atoms with van der Waals surface area (Å²) in [6.07, 6.45) is -3.31. The quantitative estimate of drug-likeness (QED) is 0.335. The maximum absolute atomic E-state index is 13.9. The third-order valence-corrected chi connectivity index (χ3v) is 7.46. The number of nitrogens with zero attached hydrogens (tertiary/aromatic N) is 3. The number of carbonyl (C=O) groups is 1. The normalized spacial score (nSPS) is 16.8. The number of halogens is 4. The molecule has 0 unspecified atom stereocenters. The summed E-state index contributed by atoms with van der Waals surface area (Å²) in [5.41, 5.74) is 3.66. The Morgan fingerprint density at radius 1 is 1.25 bits per heavy atom. The molecule has 1 aromatic carbocycles. The van der Waals surface area contributed by atoms with E-state index >= 15 is 0 Å². The molecule has 1 aromatic heterocycles. The first-order valence-electron chi connectivity index (χ1n) is 11.3. The van der Waals surface area contributed by atoms with Gasteiger partial charge in [0.2, 0.25) is 0 Å². The molecule has 6 nitrogen and oxygen atoms in total. The molecule has 1 fully saturated rings.